The fourth-order valence-corrected chi connectivity index (χ4v) is 2.96. The van der Waals surface area contributed by atoms with Gasteiger partial charge < -0.3 is 4.74 Å². The highest BCUT2D eigenvalue weighted by atomic mass is 79.9. The molecule has 2 heterocycles. The lowest BCUT2D eigenvalue weighted by Gasteiger charge is -2.22. The summed E-state index contributed by atoms with van der Waals surface area (Å²) < 4.78 is 6.96. The second-order valence-electron chi connectivity index (χ2n) is 4.96. The molecule has 104 valence electrons. The van der Waals surface area contributed by atoms with E-state index in [9.17, 15) is 0 Å². The molecule has 20 heavy (non-hydrogen) atoms. The maximum atomic E-state index is 5.99. The van der Waals surface area contributed by atoms with Crippen molar-refractivity contribution in [3.8, 4) is 5.75 Å². The van der Waals surface area contributed by atoms with Gasteiger partial charge in [-0.2, -0.15) is 0 Å². The van der Waals surface area contributed by atoms with Crippen LogP contribution >= 0.6 is 15.9 Å². The second kappa shape index (κ2) is 5.91. The lowest BCUT2D eigenvalue weighted by atomic mass is 9.99. The number of nitrogens with two attached hydrogens (primary N) is 1. The van der Waals surface area contributed by atoms with Gasteiger partial charge in [0.2, 0.25) is 0 Å². The number of hydrogen-bond donors (Lipinski definition) is 2. The summed E-state index contributed by atoms with van der Waals surface area (Å²) in [6.07, 6.45) is 5.35. The van der Waals surface area contributed by atoms with E-state index in [4.69, 9.17) is 10.6 Å². The fourth-order valence-electron chi connectivity index (χ4n) is 2.55. The van der Waals surface area contributed by atoms with Crippen molar-refractivity contribution in [1.29, 1.82) is 0 Å². The average Bonchev–Trinajstić information content (AvgIpc) is 2.88. The first-order valence-corrected chi connectivity index (χ1v) is 7.35. The number of ether oxygens (including phenoxy) is 1. The SMILES string of the molecule is NNC(Cc1cncc(Br)c1)C1Cc2ccccc2O1. The van der Waals surface area contributed by atoms with Gasteiger partial charge in [-0.25, -0.2) is 0 Å². The lowest BCUT2D eigenvalue weighted by molar-refractivity contribution is 0.177. The summed E-state index contributed by atoms with van der Waals surface area (Å²) >= 11 is 3.44. The van der Waals surface area contributed by atoms with Crippen LogP contribution in [0.3, 0.4) is 0 Å². The van der Waals surface area contributed by atoms with Gasteiger partial charge in [-0.3, -0.25) is 16.3 Å². The van der Waals surface area contributed by atoms with Gasteiger partial charge >= 0.3 is 0 Å². The van der Waals surface area contributed by atoms with E-state index >= 15 is 0 Å². The van der Waals surface area contributed by atoms with E-state index in [2.05, 4.69) is 38.5 Å². The van der Waals surface area contributed by atoms with E-state index in [0.717, 1.165) is 28.6 Å². The molecule has 0 aliphatic carbocycles. The predicted octanol–water partition coefficient (Wildman–Crippen LogP) is 2.22. The topological polar surface area (TPSA) is 60.2 Å². The van der Waals surface area contributed by atoms with E-state index in [1.165, 1.54) is 5.56 Å². The standard InChI is InChI=1S/C15H16BrN3O/c16-12-5-10(8-18-9-12)6-13(19-17)15-7-11-3-1-2-4-14(11)20-15/h1-5,8-9,13,15,19H,6-7,17H2. The Labute approximate surface area is 126 Å². The molecule has 1 aromatic heterocycles. The fraction of sp³-hybridized carbons (Fsp3) is 0.267. The van der Waals surface area contributed by atoms with Gasteiger partial charge in [0.25, 0.3) is 0 Å². The third-order valence-electron chi connectivity index (χ3n) is 3.55. The van der Waals surface area contributed by atoms with E-state index in [1.807, 2.05) is 24.4 Å². The Kier molecular flexibility index (Phi) is 4.00. The number of nitrogens with zero attached hydrogens (tertiary/aromatic N) is 1. The monoisotopic (exact) mass is 333 g/mol. The lowest BCUT2D eigenvalue weighted by Crippen LogP contribution is -2.47. The number of rotatable bonds is 4. The van der Waals surface area contributed by atoms with Crippen LogP contribution in [-0.4, -0.2) is 17.1 Å². The molecule has 5 heteroatoms. The van der Waals surface area contributed by atoms with E-state index in [1.54, 1.807) is 6.20 Å². The summed E-state index contributed by atoms with van der Waals surface area (Å²) in [6.45, 7) is 0. The van der Waals surface area contributed by atoms with Crippen molar-refractivity contribution in [2.45, 2.75) is 25.0 Å². The molecule has 1 aromatic carbocycles. The smallest absolute Gasteiger partial charge is 0.123 e. The van der Waals surface area contributed by atoms with Crippen molar-refractivity contribution in [3.05, 3.63) is 58.3 Å². The van der Waals surface area contributed by atoms with Gasteiger partial charge in [0.15, 0.2) is 0 Å². The molecule has 4 nitrogen and oxygen atoms in total. The van der Waals surface area contributed by atoms with Crippen LogP contribution in [0.25, 0.3) is 0 Å². The molecular formula is C15H16BrN3O. The Morgan fingerprint density at radius 1 is 1.40 bits per heavy atom. The van der Waals surface area contributed by atoms with Gasteiger partial charge in [-0.15, -0.1) is 0 Å². The predicted molar refractivity (Wildman–Crippen MR) is 81.3 cm³/mol. The summed E-state index contributed by atoms with van der Waals surface area (Å²) in [5.74, 6) is 6.67. The van der Waals surface area contributed by atoms with Crippen LogP contribution in [0.5, 0.6) is 5.75 Å². The van der Waals surface area contributed by atoms with Crippen molar-refractivity contribution in [1.82, 2.24) is 10.4 Å². The van der Waals surface area contributed by atoms with Crippen molar-refractivity contribution < 1.29 is 4.74 Å². The van der Waals surface area contributed by atoms with Crippen LogP contribution in [-0.2, 0) is 12.8 Å². The molecular weight excluding hydrogens is 318 g/mol. The van der Waals surface area contributed by atoms with Crippen LogP contribution < -0.4 is 16.0 Å². The summed E-state index contributed by atoms with van der Waals surface area (Å²) in [4.78, 5) is 4.18. The molecule has 0 saturated heterocycles. The molecule has 1 aliphatic heterocycles. The highest BCUT2D eigenvalue weighted by Gasteiger charge is 2.29. The molecule has 0 bridgehead atoms. The number of fused-ring (bicyclic) bond motifs is 1. The number of nitrogens with one attached hydrogen (secondary N) is 1. The van der Waals surface area contributed by atoms with E-state index in [-0.39, 0.29) is 12.1 Å². The van der Waals surface area contributed by atoms with Crippen molar-refractivity contribution in [2.75, 3.05) is 0 Å². The molecule has 0 fully saturated rings. The third kappa shape index (κ3) is 2.85. The third-order valence-corrected chi connectivity index (χ3v) is 3.99. The zero-order valence-electron chi connectivity index (χ0n) is 10.9. The van der Waals surface area contributed by atoms with Gasteiger partial charge in [0.05, 0.1) is 6.04 Å². The summed E-state index contributed by atoms with van der Waals surface area (Å²) in [5.41, 5.74) is 5.25. The normalized spacial score (nSPS) is 18.4. The molecule has 0 saturated carbocycles. The number of para-hydroxylation sites is 1. The average molecular weight is 334 g/mol. The van der Waals surface area contributed by atoms with E-state index in [0.29, 0.717) is 0 Å². The largest absolute Gasteiger partial charge is 0.488 e. The Morgan fingerprint density at radius 3 is 3.00 bits per heavy atom. The van der Waals surface area contributed by atoms with Crippen molar-refractivity contribution in [2.24, 2.45) is 5.84 Å². The number of hydrazine groups is 1. The number of benzene rings is 1. The zero-order chi connectivity index (χ0) is 13.9. The molecule has 1 aliphatic rings. The Morgan fingerprint density at radius 2 is 2.25 bits per heavy atom. The highest BCUT2D eigenvalue weighted by molar-refractivity contribution is 9.10. The molecule has 2 aromatic rings. The van der Waals surface area contributed by atoms with Gasteiger partial charge in [-0.1, -0.05) is 18.2 Å². The number of hydrogen-bond acceptors (Lipinski definition) is 4. The number of pyridine rings is 1. The van der Waals surface area contributed by atoms with Crippen molar-refractivity contribution >= 4 is 15.9 Å². The quantitative estimate of drug-likeness (QED) is 0.665. The molecule has 3 N–H and O–H groups in total. The van der Waals surface area contributed by atoms with Crippen LogP contribution in [0.1, 0.15) is 11.1 Å². The Balaban J connectivity index is 1.72. The molecule has 0 amide bonds. The first-order chi connectivity index (χ1) is 9.76. The number of aromatic nitrogens is 1. The minimum atomic E-state index is 0.0522. The zero-order valence-corrected chi connectivity index (χ0v) is 12.5. The summed E-state index contributed by atoms with van der Waals surface area (Å²) in [7, 11) is 0. The maximum absolute atomic E-state index is 5.99. The minimum Gasteiger partial charge on any atom is -0.488 e. The van der Waals surface area contributed by atoms with E-state index < -0.39 is 0 Å². The molecule has 2 atom stereocenters. The number of halogens is 1. The van der Waals surface area contributed by atoms with Crippen molar-refractivity contribution in [3.63, 3.8) is 0 Å². The van der Waals surface area contributed by atoms with Gasteiger partial charge in [0.1, 0.15) is 11.9 Å². The van der Waals surface area contributed by atoms with Gasteiger partial charge in [0, 0.05) is 23.3 Å². The Bertz CT molecular complexity index is 580. The highest BCUT2D eigenvalue weighted by Crippen LogP contribution is 2.30. The Hall–Kier alpha value is -1.43. The molecule has 2 unspecified atom stereocenters. The molecule has 3 rings (SSSR count). The van der Waals surface area contributed by atoms with Gasteiger partial charge in [-0.05, 0) is 45.6 Å². The first kappa shape index (κ1) is 13.5. The van der Waals surface area contributed by atoms with Crippen LogP contribution in [0.4, 0.5) is 0 Å². The first-order valence-electron chi connectivity index (χ1n) is 6.56. The molecule has 0 radical (unpaired) electrons. The van der Waals surface area contributed by atoms with Crippen LogP contribution in [0.2, 0.25) is 0 Å². The van der Waals surface area contributed by atoms with Crippen LogP contribution in [0.15, 0.2) is 47.2 Å². The maximum Gasteiger partial charge on any atom is 0.123 e. The minimum absolute atomic E-state index is 0.0522. The van der Waals surface area contributed by atoms with Crippen LogP contribution in [0, 0.1) is 0 Å². The second-order valence-corrected chi connectivity index (χ2v) is 5.87. The summed E-state index contributed by atoms with van der Waals surface area (Å²) in [6, 6.07) is 10.2. The summed E-state index contributed by atoms with van der Waals surface area (Å²) in [5, 5.41) is 0. The molecule has 0 spiro atoms.